The summed E-state index contributed by atoms with van der Waals surface area (Å²) in [6, 6.07) is 0.551. The van der Waals surface area contributed by atoms with Gasteiger partial charge >= 0.3 is 5.97 Å². The highest BCUT2D eigenvalue weighted by molar-refractivity contribution is 7.89. The summed E-state index contributed by atoms with van der Waals surface area (Å²) in [6.45, 7) is 0.329. The molecule has 0 radical (unpaired) electrons. The molecule has 0 amide bonds. The van der Waals surface area contributed by atoms with Gasteiger partial charge in [-0.25, -0.2) is 8.42 Å². The molecule has 0 aromatic carbocycles. The number of rotatable bonds is 3. The number of aromatic nitrogens is 1. The number of nitrogens with one attached hydrogen (secondary N) is 1. The zero-order valence-electron chi connectivity index (χ0n) is 10.3. The van der Waals surface area contributed by atoms with Crippen molar-refractivity contribution in [2.24, 2.45) is 11.8 Å². The second-order valence-corrected chi connectivity index (χ2v) is 7.15. The number of sulfonamides is 1. The molecule has 2 N–H and O–H groups in total. The van der Waals surface area contributed by atoms with E-state index in [1.54, 1.807) is 0 Å². The molecular formula is C12H16N2O4S. The van der Waals surface area contributed by atoms with Crippen LogP contribution in [-0.4, -0.2) is 41.4 Å². The van der Waals surface area contributed by atoms with Gasteiger partial charge in [0.15, 0.2) is 0 Å². The summed E-state index contributed by atoms with van der Waals surface area (Å²) in [6.07, 6.45) is 5.65. The fourth-order valence-electron chi connectivity index (χ4n) is 3.42. The highest BCUT2D eigenvalue weighted by atomic mass is 32.2. The first-order chi connectivity index (χ1) is 9.01. The first-order valence-electron chi connectivity index (χ1n) is 6.39. The van der Waals surface area contributed by atoms with Crippen molar-refractivity contribution in [1.82, 2.24) is 9.29 Å². The molecular weight excluding hydrogens is 268 g/mol. The average molecular weight is 284 g/mol. The molecule has 19 heavy (non-hydrogen) atoms. The summed E-state index contributed by atoms with van der Waals surface area (Å²) in [5, 5.41) is 9.38. The van der Waals surface area contributed by atoms with E-state index in [0.29, 0.717) is 6.54 Å². The van der Waals surface area contributed by atoms with E-state index in [1.165, 1.54) is 22.8 Å². The molecule has 7 heteroatoms. The van der Waals surface area contributed by atoms with Crippen LogP contribution >= 0.6 is 0 Å². The van der Waals surface area contributed by atoms with Crippen LogP contribution < -0.4 is 0 Å². The standard InChI is InChI=1S/C12H16N2O4S/c15-12(16)11-10-3-1-2-8(10)7-14(11)19(17,18)9-4-5-13-6-9/h4-6,8,10-11,13H,1-3,7H2,(H,15,16). The maximum Gasteiger partial charge on any atom is 0.322 e. The summed E-state index contributed by atoms with van der Waals surface area (Å²) in [7, 11) is -3.71. The van der Waals surface area contributed by atoms with Crippen molar-refractivity contribution in [2.45, 2.75) is 30.2 Å². The third-order valence-electron chi connectivity index (χ3n) is 4.28. The van der Waals surface area contributed by atoms with Gasteiger partial charge in [0, 0.05) is 18.9 Å². The van der Waals surface area contributed by atoms with Crippen LogP contribution in [0.2, 0.25) is 0 Å². The summed E-state index contributed by atoms with van der Waals surface area (Å²) >= 11 is 0. The van der Waals surface area contributed by atoms with E-state index in [-0.39, 0.29) is 16.7 Å². The summed E-state index contributed by atoms with van der Waals surface area (Å²) in [4.78, 5) is 14.3. The Bertz CT molecular complexity index is 581. The number of fused-ring (bicyclic) bond motifs is 1. The van der Waals surface area contributed by atoms with Crippen molar-refractivity contribution in [3.8, 4) is 0 Å². The zero-order chi connectivity index (χ0) is 13.6. The van der Waals surface area contributed by atoms with Gasteiger partial charge in [-0.1, -0.05) is 6.42 Å². The van der Waals surface area contributed by atoms with Gasteiger partial charge in [0.05, 0.1) is 4.90 Å². The van der Waals surface area contributed by atoms with E-state index in [9.17, 15) is 18.3 Å². The Labute approximate surface area is 111 Å². The topological polar surface area (TPSA) is 90.5 Å². The molecule has 1 saturated heterocycles. The van der Waals surface area contributed by atoms with Crippen molar-refractivity contribution in [3.63, 3.8) is 0 Å². The van der Waals surface area contributed by atoms with Crippen LogP contribution in [0.5, 0.6) is 0 Å². The van der Waals surface area contributed by atoms with Crippen LogP contribution in [0.15, 0.2) is 23.4 Å². The quantitative estimate of drug-likeness (QED) is 0.862. The Hall–Kier alpha value is -1.34. The number of H-pyrrole nitrogens is 1. The van der Waals surface area contributed by atoms with Gasteiger partial charge in [0.2, 0.25) is 10.0 Å². The fraction of sp³-hybridized carbons (Fsp3) is 0.583. The molecule has 0 bridgehead atoms. The van der Waals surface area contributed by atoms with Crippen LogP contribution in [0.1, 0.15) is 19.3 Å². The highest BCUT2D eigenvalue weighted by Crippen LogP contribution is 2.44. The third-order valence-corrected chi connectivity index (χ3v) is 6.12. The number of aromatic amines is 1. The zero-order valence-corrected chi connectivity index (χ0v) is 11.1. The largest absolute Gasteiger partial charge is 0.480 e. The van der Waals surface area contributed by atoms with Crippen molar-refractivity contribution in [3.05, 3.63) is 18.5 Å². The van der Waals surface area contributed by atoms with Gasteiger partial charge in [0.1, 0.15) is 6.04 Å². The lowest BCUT2D eigenvalue weighted by Crippen LogP contribution is -2.43. The Morgan fingerprint density at radius 2 is 2.21 bits per heavy atom. The lowest BCUT2D eigenvalue weighted by Gasteiger charge is -2.23. The van der Waals surface area contributed by atoms with Gasteiger partial charge in [-0.3, -0.25) is 4.79 Å². The smallest absolute Gasteiger partial charge is 0.322 e. The number of carbonyl (C=O) groups is 1. The number of hydrogen-bond acceptors (Lipinski definition) is 3. The molecule has 1 aromatic heterocycles. The number of nitrogens with zero attached hydrogens (tertiary/aromatic N) is 1. The second kappa shape index (κ2) is 4.35. The molecule has 2 heterocycles. The van der Waals surface area contributed by atoms with Gasteiger partial charge in [-0.05, 0) is 30.7 Å². The number of aliphatic carboxylic acids is 1. The fourth-order valence-corrected chi connectivity index (χ4v) is 5.09. The first-order valence-corrected chi connectivity index (χ1v) is 7.83. The molecule has 3 atom stereocenters. The maximum absolute atomic E-state index is 12.5. The third kappa shape index (κ3) is 1.88. The molecule has 104 valence electrons. The minimum atomic E-state index is -3.71. The Morgan fingerprint density at radius 3 is 2.84 bits per heavy atom. The average Bonchev–Trinajstić information content (AvgIpc) is 3.04. The van der Waals surface area contributed by atoms with Crippen LogP contribution in [0.25, 0.3) is 0 Å². The molecule has 0 spiro atoms. The molecule has 1 saturated carbocycles. The first kappa shape index (κ1) is 12.7. The molecule has 6 nitrogen and oxygen atoms in total. The van der Waals surface area contributed by atoms with Gasteiger partial charge in [-0.2, -0.15) is 4.31 Å². The van der Waals surface area contributed by atoms with Crippen molar-refractivity contribution in [1.29, 1.82) is 0 Å². The second-order valence-electron chi connectivity index (χ2n) is 5.26. The molecule has 2 fully saturated rings. The molecule has 1 aliphatic carbocycles. The summed E-state index contributed by atoms with van der Waals surface area (Å²) in [5.74, 6) is -0.880. The van der Waals surface area contributed by atoms with Crippen LogP contribution in [-0.2, 0) is 14.8 Å². The molecule has 1 aliphatic heterocycles. The molecule has 3 unspecified atom stereocenters. The SMILES string of the molecule is O=C(O)C1C2CCCC2CN1S(=O)(=O)c1cc[nH]c1. The van der Waals surface area contributed by atoms with Crippen LogP contribution in [0, 0.1) is 11.8 Å². The predicted octanol–water partition coefficient (Wildman–Crippen LogP) is 0.888. The van der Waals surface area contributed by atoms with E-state index < -0.39 is 22.0 Å². The monoisotopic (exact) mass is 284 g/mol. The number of hydrogen-bond donors (Lipinski definition) is 2. The van der Waals surface area contributed by atoms with Crippen molar-refractivity contribution in [2.75, 3.05) is 6.54 Å². The highest BCUT2D eigenvalue weighted by Gasteiger charge is 2.52. The predicted molar refractivity (Wildman–Crippen MR) is 66.9 cm³/mol. The lowest BCUT2D eigenvalue weighted by molar-refractivity contribution is -0.142. The minimum Gasteiger partial charge on any atom is -0.480 e. The molecule has 1 aromatic rings. The van der Waals surface area contributed by atoms with Gasteiger partial charge in [-0.15, -0.1) is 0 Å². The van der Waals surface area contributed by atoms with E-state index in [0.717, 1.165) is 19.3 Å². The van der Waals surface area contributed by atoms with E-state index >= 15 is 0 Å². The Balaban J connectivity index is 1.98. The van der Waals surface area contributed by atoms with E-state index in [4.69, 9.17) is 0 Å². The normalized spacial score (nSPS) is 31.5. The van der Waals surface area contributed by atoms with Gasteiger partial charge in [0.25, 0.3) is 0 Å². The minimum absolute atomic E-state index is 0.0359. The van der Waals surface area contributed by atoms with Crippen molar-refractivity contribution >= 4 is 16.0 Å². The maximum atomic E-state index is 12.5. The van der Waals surface area contributed by atoms with E-state index in [2.05, 4.69) is 4.98 Å². The number of carboxylic acids is 1. The number of carboxylic acid groups (broad SMARTS) is 1. The van der Waals surface area contributed by atoms with Crippen LogP contribution in [0.3, 0.4) is 0 Å². The van der Waals surface area contributed by atoms with E-state index in [1.807, 2.05) is 0 Å². The van der Waals surface area contributed by atoms with Crippen molar-refractivity contribution < 1.29 is 18.3 Å². The Kier molecular flexibility index (Phi) is 2.90. The molecule has 2 aliphatic rings. The summed E-state index contributed by atoms with van der Waals surface area (Å²) < 4.78 is 26.1. The summed E-state index contributed by atoms with van der Waals surface area (Å²) in [5.41, 5.74) is 0. The Morgan fingerprint density at radius 1 is 1.42 bits per heavy atom. The van der Waals surface area contributed by atoms with Gasteiger partial charge < -0.3 is 10.1 Å². The molecule has 3 rings (SSSR count). The lowest BCUT2D eigenvalue weighted by atomic mass is 9.94. The van der Waals surface area contributed by atoms with Crippen LogP contribution in [0.4, 0.5) is 0 Å².